The average Bonchev–Trinajstić information content (AvgIpc) is 0.784. The third-order valence-electron chi connectivity index (χ3n) is 17.6. The van der Waals surface area contributed by atoms with Gasteiger partial charge in [0.2, 0.25) is 29.5 Å². The van der Waals surface area contributed by atoms with Gasteiger partial charge in [-0.1, -0.05) is 47.3 Å². The van der Waals surface area contributed by atoms with Crippen LogP contribution in [0.4, 0.5) is 10.5 Å². The van der Waals surface area contributed by atoms with Crippen LogP contribution in [0.1, 0.15) is 124 Å². The normalized spacial score (nSPS) is 28.9. The molecular formula is C59H92N8O20S. The van der Waals surface area contributed by atoms with Crippen molar-refractivity contribution in [1.82, 2.24) is 35.8 Å². The molecule has 1 aromatic rings. The van der Waals surface area contributed by atoms with Crippen molar-refractivity contribution in [2.45, 2.75) is 186 Å². The molecule has 2 unspecified atom stereocenters. The number of anilines is 1. The van der Waals surface area contributed by atoms with E-state index < -0.39 is 150 Å². The van der Waals surface area contributed by atoms with E-state index in [1.807, 2.05) is 6.92 Å². The zero-order valence-corrected chi connectivity index (χ0v) is 52.8. The molecule has 0 radical (unpaired) electrons. The molecule has 88 heavy (non-hydrogen) atoms. The predicted molar refractivity (Wildman–Crippen MR) is 316 cm³/mol. The lowest BCUT2D eigenvalue weighted by molar-refractivity contribution is -0.252. The number of hydrogen-bond acceptors (Lipinski definition) is 19. The first kappa shape index (κ1) is 71.0. The van der Waals surface area contributed by atoms with Crippen molar-refractivity contribution in [1.29, 1.82) is 0 Å². The van der Waals surface area contributed by atoms with Gasteiger partial charge in [0.25, 0.3) is 10.1 Å². The number of carboxylic acids is 2. The van der Waals surface area contributed by atoms with Crippen molar-refractivity contribution < 1.29 is 95.8 Å². The first-order valence-electron chi connectivity index (χ1n) is 29.9. The molecule has 0 aromatic heterocycles. The number of nitrogens with zero attached hydrogens (tertiary/aromatic N) is 4. The molecule has 4 aliphatic carbocycles. The zero-order chi connectivity index (χ0) is 65.4. The number of hydrogen-bond donors (Lipinski definition) is 10. The van der Waals surface area contributed by atoms with Crippen LogP contribution in [0.15, 0.2) is 30.5 Å². The molecule has 2 heterocycles. The van der Waals surface area contributed by atoms with Crippen LogP contribution in [-0.2, 0) is 75.7 Å². The SMILES string of the molecule is C=C(C)N(CC12CC3(C)CC(C)(C1)CC(OCCN(C)C(=O)OCc1ccc(NC(=O)[C@H](C)NC(=O)[C@@H](NC(=O)CN4C(=O)[C@@H](NC(=O)CCC(=O)O)C[C@H]4COCCS(=O)(=O)O)C(C)C)cc1CC[C@@H]1O[C@H](C(=O)O)[C@@H](O)[C@H](O)[C@H]1O)(C3)C2)N(C)CC. The van der Waals surface area contributed by atoms with Crippen molar-refractivity contribution >= 4 is 63.4 Å². The van der Waals surface area contributed by atoms with Gasteiger partial charge in [0, 0.05) is 51.5 Å². The number of allylic oxidation sites excluding steroid dienone is 1. The number of carbonyl (C=O) groups excluding carboxylic acids is 6. The number of aliphatic hydroxyl groups is 3. The second-order valence-electron chi connectivity index (χ2n) is 26.1. The number of hydrazine groups is 1. The van der Waals surface area contributed by atoms with Crippen LogP contribution in [0, 0.1) is 22.2 Å². The van der Waals surface area contributed by atoms with Crippen LogP contribution in [-0.4, -0.2) is 232 Å². The van der Waals surface area contributed by atoms with Crippen LogP contribution < -0.4 is 21.3 Å². The third-order valence-corrected chi connectivity index (χ3v) is 18.3. The fourth-order valence-electron chi connectivity index (χ4n) is 14.5. The predicted octanol–water partition coefficient (Wildman–Crippen LogP) is 1.40. The van der Waals surface area contributed by atoms with Crippen molar-refractivity contribution in [3.8, 4) is 0 Å². The molecule has 2 aliphatic heterocycles. The highest BCUT2D eigenvalue weighted by Crippen LogP contribution is 2.72. The first-order valence-corrected chi connectivity index (χ1v) is 31.6. The van der Waals surface area contributed by atoms with E-state index in [0.29, 0.717) is 11.1 Å². The summed E-state index contributed by atoms with van der Waals surface area (Å²) < 4.78 is 55.3. The van der Waals surface area contributed by atoms with Gasteiger partial charge < -0.3 is 80.6 Å². The summed E-state index contributed by atoms with van der Waals surface area (Å²) in [6.45, 7) is 18.3. The standard InChI is InChI=1S/C59H92N8O20S/c1-11-65(10)67(35(4)5)33-58-28-56(7)27-57(8,29-58)31-59(30-56,32-58)86-19-18-64(9)55(80)85-25-38-12-14-39(22-37(38)13-15-42-47(72)48(73)49(74)50(87-42)54(78)79)61-51(75)36(6)60-52(76)46(34(2)3)63-44(69)24-66-40(26-84-20-21-88(81,82)83)23-41(53(66)77)62-43(68)16-17-45(70)71/h12,14,22,34,36,40-42,46-50,72-74H,4,11,13,15-21,23-33H2,1-3,5-10H3,(H,60,76)(H,61,75)(H,62,68)(H,63,69)(H,70,71)(H,78,79)(H,81,82,83)/t36-,40-,41-,42-,46-,47-,48+,49-,50-,56?,57?,58?,59?/m0/s1. The maximum atomic E-state index is 13.8. The fourth-order valence-corrected chi connectivity index (χ4v) is 14.8. The molecule has 11 atom stereocenters. The number of aryl methyl sites for hydroxylation is 1. The highest BCUT2D eigenvalue weighted by molar-refractivity contribution is 7.85. The number of nitrogens with one attached hydrogen (secondary N) is 4. The molecule has 1 aromatic carbocycles. The molecule has 10 N–H and O–H groups in total. The molecule has 6 aliphatic rings. The smallest absolute Gasteiger partial charge is 0.409 e. The van der Waals surface area contributed by atoms with Gasteiger partial charge in [-0.3, -0.25) is 33.3 Å². The third kappa shape index (κ3) is 18.5. The Morgan fingerprint density at radius 3 is 2.15 bits per heavy atom. The number of amides is 6. The number of aliphatic carboxylic acids is 2. The van der Waals surface area contributed by atoms with Crippen molar-refractivity contribution in [2.24, 2.45) is 22.2 Å². The molecule has 4 bridgehead atoms. The number of ether oxygens (including phenoxy) is 4. The molecule has 2 saturated heterocycles. The molecule has 6 amide bonds. The largest absolute Gasteiger partial charge is 0.481 e. The number of carboxylic acid groups (broad SMARTS) is 2. The molecule has 29 heteroatoms. The highest BCUT2D eigenvalue weighted by atomic mass is 32.2. The minimum absolute atomic E-state index is 0.00636. The van der Waals surface area contributed by atoms with Crippen LogP contribution >= 0.6 is 0 Å². The highest BCUT2D eigenvalue weighted by Gasteiger charge is 2.66. The number of rotatable bonds is 32. The van der Waals surface area contributed by atoms with Gasteiger partial charge in [0.05, 0.1) is 56.3 Å². The maximum absolute atomic E-state index is 13.8. The second kappa shape index (κ2) is 29.3. The van der Waals surface area contributed by atoms with Crippen LogP contribution in [0.2, 0.25) is 0 Å². The minimum atomic E-state index is -4.40. The first-order chi connectivity index (χ1) is 41.0. The fraction of sp³-hybridized carbons (Fsp3) is 0.729. The lowest BCUT2D eigenvalue weighted by Crippen LogP contribution is -2.66. The van der Waals surface area contributed by atoms with E-state index in [-0.39, 0.29) is 73.2 Å². The second-order valence-corrected chi connectivity index (χ2v) is 27.7. The van der Waals surface area contributed by atoms with Crippen molar-refractivity contribution in [3.63, 3.8) is 0 Å². The summed E-state index contributed by atoms with van der Waals surface area (Å²) in [4.78, 5) is 106. The molecule has 0 spiro atoms. The molecule has 494 valence electrons. The van der Waals surface area contributed by atoms with Crippen molar-refractivity contribution in [2.75, 3.05) is 71.2 Å². The minimum Gasteiger partial charge on any atom is -0.481 e. The summed E-state index contributed by atoms with van der Waals surface area (Å²) >= 11 is 0. The number of aliphatic hydroxyl groups excluding tert-OH is 3. The lowest BCUT2D eigenvalue weighted by atomic mass is 9.39. The Hall–Kier alpha value is -6.05. The van der Waals surface area contributed by atoms with Gasteiger partial charge in [-0.05, 0) is 117 Å². The number of likely N-dealkylation sites (N-methyl/N-ethyl adjacent to an activating group) is 1. The molecule has 4 saturated carbocycles. The number of likely N-dealkylation sites (tertiary alicyclic amines) is 1. The Labute approximate surface area is 514 Å². The topological polar surface area (TPSA) is 390 Å². The Bertz CT molecular complexity index is 2840. The summed E-state index contributed by atoms with van der Waals surface area (Å²) in [6, 6.07) is 0.0294. The van der Waals surface area contributed by atoms with Gasteiger partial charge >= 0.3 is 18.0 Å². The van der Waals surface area contributed by atoms with Crippen LogP contribution in [0.3, 0.4) is 0 Å². The summed E-state index contributed by atoms with van der Waals surface area (Å²) in [6.07, 6.45) is -4.30. The summed E-state index contributed by atoms with van der Waals surface area (Å²) in [5.74, 6) is -7.97. The molecular weight excluding hydrogens is 1170 g/mol. The Morgan fingerprint density at radius 1 is 0.875 bits per heavy atom. The van der Waals surface area contributed by atoms with Crippen molar-refractivity contribution in [3.05, 3.63) is 41.6 Å². The van der Waals surface area contributed by atoms with E-state index in [1.54, 1.807) is 33.0 Å². The summed E-state index contributed by atoms with van der Waals surface area (Å²) in [5.41, 5.74) is 1.94. The van der Waals surface area contributed by atoms with E-state index >= 15 is 0 Å². The molecule has 6 fully saturated rings. The summed E-state index contributed by atoms with van der Waals surface area (Å²) in [7, 11) is -0.701. The Balaban J connectivity index is 1.10. The summed E-state index contributed by atoms with van der Waals surface area (Å²) in [5, 5.41) is 65.3. The van der Waals surface area contributed by atoms with Gasteiger partial charge in [0.15, 0.2) is 6.10 Å². The van der Waals surface area contributed by atoms with E-state index in [9.17, 15) is 67.2 Å². The van der Waals surface area contributed by atoms with E-state index in [4.69, 9.17) is 28.6 Å². The molecule has 7 rings (SSSR count). The Kier molecular flexibility index (Phi) is 23.6. The number of benzene rings is 1. The van der Waals surface area contributed by atoms with Gasteiger partial charge in [-0.15, -0.1) is 0 Å². The maximum Gasteiger partial charge on any atom is 0.409 e. The van der Waals surface area contributed by atoms with E-state index in [2.05, 4.69) is 65.7 Å². The average molecular weight is 1270 g/mol. The van der Waals surface area contributed by atoms with Gasteiger partial charge in [-0.25, -0.2) is 14.6 Å². The number of carbonyl (C=O) groups is 8. The van der Waals surface area contributed by atoms with Crippen LogP contribution in [0.5, 0.6) is 0 Å². The monoisotopic (exact) mass is 1260 g/mol. The Morgan fingerprint density at radius 2 is 1.55 bits per heavy atom. The van der Waals surface area contributed by atoms with E-state index in [0.717, 1.165) is 62.2 Å². The lowest BCUT2D eigenvalue weighted by Gasteiger charge is -2.69. The van der Waals surface area contributed by atoms with E-state index in [1.165, 1.54) is 17.9 Å². The van der Waals surface area contributed by atoms with Gasteiger partial charge in [-0.2, -0.15) is 8.42 Å². The van der Waals surface area contributed by atoms with Crippen LogP contribution in [0.25, 0.3) is 0 Å². The van der Waals surface area contributed by atoms with Gasteiger partial charge in [0.1, 0.15) is 43.0 Å². The molecule has 28 nitrogen and oxygen atoms in total. The zero-order valence-electron chi connectivity index (χ0n) is 52.0. The quantitative estimate of drug-likeness (QED) is 0.0277.